The van der Waals surface area contributed by atoms with E-state index in [1.165, 1.54) is 53.9 Å². The quantitative estimate of drug-likeness (QED) is 0.596. The number of aliphatic carboxylic acids is 1. The van der Waals surface area contributed by atoms with Gasteiger partial charge in [0.15, 0.2) is 0 Å². The normalized spacial score (nSPS) is 20.3. The Hall–Kier alpha value is -2.49. The predicted octanol–water partition coefficient (Wildman–Crippen LogP) is 6.50. The Kier molecular flexibility index (Phi) is 8.22. The van der Waals surface area contributed by atoms with Gasteiger partial charge in [0.1, 0.15) is 0 Å². The van der Waals surface area contributed by atoms with Crippen LogP contribution < -0.4 is 9.80 Å². The third-order valence-corrected chi connectivity index (χ3v) is 7.25. The highest BCUT2D eigenvalue weighted by Gasteiger charge is 2.24. The van der Waals surface area contributed by atoms with E-state index < -0.39 is 5.97 Å². The van der Waals surface area contributed by atoms with Gasteiger partial charge in [-0.3, -0.25) is 4.79 Å². The van der Waals surface area contributed by atoms with Crippen LogP contribution in [0, 0.1) is 13.8 Å². The number of nitrogens with zero attached hydrogens (tertiary/aromatic N) is 2. The first-order valence-corrected chi connectivity index (χ1v) is 12.2. The molecule has 4 nitrogen and oxygen atoms in total. The third kappa shape index (κ3) is 5.46. The minimum Gasteiger partial charge on any atom is -0.481 e. The molecule has 174 valence electrons. The van der Waals surface area contributed by atoms with E-state index in [4.69, 9.17) is 5.11 Å². The van der Waals surface area contributed by atoms with Gasteiger partial charge < -0.3 is 14.9 Å². The molecule has 2 heterocycles. The highest BCUT2D eigenvalue weighted by Crippen LogP contribution is 2.38. The first-order valence-electron chi connectivity index (χ1n) is 12.2. The van der Waals surface area contributed by atoms with Crippen molar-refractivity contribution >= 4 is 17.3 Å². The second-order valence-corrected chi connectivity index (χ2v) is 9.54. The number of aryl methyl sites for hydroxylation is 2. The van der Waals surface area contributed by atoms with E-state index in [0.717, 1.165) is 25.3 Å². The fourth-order valence-corrected chi connectivity index (χ4v) is 5.56. The van der Waals surface area contributed by atoms with Crippen LogP contribution in [0.2, 0.25) is 0 Å². The summed E-state index contributed by atoms with van der Waals surface area (Å²) in [6, 6.07) is 12.9. The van der Waals surface area contributed by atoms with Crippen molar-refractivity contribution in [3.05, 3.63) is 58.7 Å². The number of carboxylic acid groups (broad SMARTS) is 1. The first-order chi connectivity index (χ1) is 15.3. The summed E-state index contributed by atoms with van der Waals surface area (Å²) in [6.45, 7) is 8.85. The number of hydrogen-bond acceptors (Lipinski definition) is 3. The minimum atomic E-state index is -0.700. The summed E-state index contributed by atoms with van der Waals surface area (Å²) < 4.78 is 0. The second-order valence-electron chi connectivity index (χ2n) is 9.54. The van der Waals surface area contributed by atoms with Gasteiger partial charge in [-0.25, -0.2) is 0 Å². The lowest BCUT2D eigenvalue weighted by molar-refractivity contribution is -0.137. The second kappa shape index (κ2) is 10.9. The standard InChI is InChI=1S/C14H19NO2.C14H21N/c1-10-5-3-7-12-14(10)11(9-13(16)17)6-4-8-15(12)2;1-4-12-8-6-10-15(3)13-9-5-7-11(2)14(12)13/h3,5,7,11H,4,6,8-9H2,1-2H3,(H,16,17);5,7,9,12H,4,6,8,10H2,1-3H3. The molecular weight excluding hydrogens is 396 g/mol. The molecule has 2 aliphatic rings. The SMILES string of the molecule is CCC1CCCN(C)c2cccc(C)c21.Cc1cccc2c1C(CC(=O)O)CCCN2C. The maximum absolute atomic E-state index is 11.0. The number of carbonyl (C=O) groups is 1. The van der Waals surface area contributed by atoms with Crippen molar-refractivity contribution in [3.8, 4) is 0 Å². The van der Waals surface area contributed by atoms with Crippen molar-refractivity contribution in [2.45, 2.75) is 71.1 Å². The molecule has 0 saturated carbocycles. The van der Waals surface area contributed by atoms with Crippen molar-refractivity contribution < 1.29 is 9.90 Å². The van der Waals surface area contributed by atoms with Crippen molar-refractivity contribution in [1.82, 2.24) is 0 Å². The molecule has 0 saturated heterocycles. The van der Waals surface area contributed by atoms with Crippen LogP contribution >= 0.6 is 0 Å². The molecule has 32 heavy (non-hydrogen) atoms. The van der Waals surface area contributed by atoms with Gasteiger partial charge in [-0.15, -0.1) is 0 Å². The van der Waals surface area contributed by atoms with Crippen molar-refractivity contribution in [1.29, 1.82) is 0 Å². The van der Waals surface area contributed by atoms with Gasteiger partial charge in [0, 0.05) is 38.6 Å². The van der Waals surface area contributed by atoms with Crippen LogP contribution in [0.5, 0.6) is 0 Å². The number of fused-ring (bicyclic) bond motifs is 2. The Morgan fingerprint density at radius 1 is 0.875 bits per heavy atom. The lowest BCUT2D eigenvalue weighted by atomic mass is 9.88. The maximum atomic E-state index is 11.0. The number of carboxylic acids is 1. The molecule has 0 amide bonds. The topological polar surface area (TPSA) is 43.8 Å². The van der Waals surface area contributed by atoms with E-state index in [1.54, 1.807) is 5.56 Å². The molecule has 0 radical (unpaired) electrons. The van der Waals surface area contributed by atoms with Gasteiger partial charge in [0.05, 0.1) is 6.42 Å². The van der Waals surface area contributed by atoms with Crippen LogP contribution in [0.15, 0.2) is 36.4 Å². The van der Waals surface area contributed by atoms with Crippen molar-refractivity contribution in [3.63, 3.8) is 0 Å². The zero-order valence-electron chi connectivity index (χ0n) is 20.5. The molecule has 0 aliphatic carbocycles. The highest BCUT2D eigenvalue weighted by atomic mass is 16.4. The lowest BCUT2D eigenvalue weighted by Crippen LogP contribution is -2.18. The van der Waals surface area contributed by atoms with E-state index >= 15 is 0 Å². The monoisotopic (exact) mass is 436 g/mol. The van der Waals surface area contributed by atoms with E-state index in [9.17, 15) is 4.79 Å². The average molecular weight is 437 g/mol. The number of hydrogen-bond donors (Lipinski definition) is 1. The molecule has 0 fully saturated rings. The number of rotatable bonds is 3. The Bertz CT molecular complexity index is 924. The number of benzene rings is 2. The fourth-order valence-electron chi connectivity index (χ4n) is 5.56. The van der Waals surface area contributed by atoms with Crippen LogP contribution in [-0.2, 0) is 4.79 Å². The van der Waals surface area contributed by atoms with Gasteiger partial charge >= 0.3 is 5.97 Å². The summed E-state index contributed by atoms with van der Waals surface area (Å²) in [5.74, 6) is 0.230. The van der Waals surface area contributed by atoms with Crippen molar-refractivity contribution in [2.24, 2.45) is 0 Å². The fraction of sp³-hybridized carbons (Fsp3) is 0.536. The van der Waals surface area contributed by atoms with Crippen LogP contribution in [0.1, 0.15) is 79.5 Å². The van der Waals surface area contributed by atoms with Crippen LogP contribution in [-0.4, -0.2) is 38.3 Å². The average Bonchev–Trinajstić information content (AvgIpc) is 3.02. The Balaban J connectivity index is 0.000000182. The van der Waals surface area contributed by atoms with E-state index in [-0.39, 0.29) is 12.3 Å². The van der Waals surface area contributed by atoms with Gasteiger partial charge in [0.2, 0.25) is 0 Å². The largest absolute Gasteiger partial charge is 0.481 e. The molecule has 0 spiro atoms. The van der Waals surface area contributed by atoms with E-state index in [1.807, 2.05) is 6.07 Å². The molecule has 0 aromatic heterocycles. The predicted molar refractivity (Wildman–Crippen MR) is 135 cm³/mol. The highest BCUT2D eigenvalue weighted by molar-refractivity contribution is 5.70. The molecule has 2 aliphatic heterocycles. The summed E-state index contributed by atoms with van der Waals surface area (Å²) in [5, 5.41) is 9.03. The molecule has 4 rings (SSSR count). The Morgan fingerprint density at radius 3 is 1.81 bits per heavy atom. The molecule has 2 atom stereocenters. The summed E-state index contributed by atoms with van der Waals surface area (Å²) in [4.78, 5) is 15.6. The molecule has 1 N–H and O–H groups in total. The first kappa shape index (κ1) is 24.2. The lowest BCUT2D eigenvalue weighted by Gasteiger charge is -2.22. The Labute approximate surface area is 194 Å². The molecule has 0 bridgehead atoms. The van der Waals surface area contributed by atoms with E-state index in [2.05, 4.69) is 75.0 Å². The summed E-state index contributed by atoms with van der Waals surface area (Å²) in [5.41, 5.74) is 8.17. The van der Waals surface area contributed by atoms with Crippen LogP contribution in [0.4, 0.5) is 11.4 Å². The van der Waals surface area contributed by atoms with Crippen LogP contribution in [0.25, 0.3) is 0 Å². The number of anilines is 2. The minimum absolute atomic E-state index is 0.161. The molecule has 2 aromatic carbocycles. The smallest absolute Gasteiger partial charge is 0.303 e. The Morgan fingerprint density at radius 2 is 1.34 bits per heavy atom. The van der Waals surface area contributed by atoms with Crippen molar-refractivity contribution in [2.75, 3.05) is 37.0 Å². The zero-order chi connectivity index (χ0) is 23.3. The molecule has 2 unspecified atom stereocenters. The molecule has 2 aromatic rings. The molecule has 4 heteroatoms. The van der Waals surface area contributed by atoms with Gasteiger partial charge in [-0.05, 0) is 92.2 Å². The van der Waals surface area contributed by atoms with Gasteiger partial charge in [-0.2, -0.15) is 0 Å². The van der Waals surface area contributed by atoms with E-state index in [0.29, 0.717) is 0 Å². The van der Waals surface area contributed by atoms with Gasteiger partial charge in [-0.1, -0.05) is 31.2 Å². The van der Waals surface area contributed by atoms with Crippen LogP contribution in [0.3, 0.4) is 0 Å². The molecular formula is C28H40N2O2. The zero-order valence-corrected chi connectivity index (χ0v) is 20.5. The maximum Gasteiger partial charge on any atom is 0.303 e. The summed E-state index contributed by atoms with van der Waals surface area (Å²) >= 11 is 0. The summed E-state index contributed by atoms with van der Waals surface area (Å²) in [7, 11) is 4.30. The third-order valence-electron chi connectivity index (χ3n) is 7.25. The summed E-state index contributed by atoms with van der Waals surface area (Å²) in [6.07, 6.45) is 6.20. The van der Waals surface area contributed by atoms with Gasteiger partial charge in [0.25, 0.3) is 0 Å².